The SMILES string of the molecule is CCCCc1cc2c(C(=O)c3ccc(OCCCN(CCCC)CCCC)cc3)c(N)ccc2n1C. The lowest BCUT2D eigenvalue weighted by atomic mass is 9.98. The van der Waals surface area contributed by atoms with E-state index in [1.807, 2.05) is 36.4 Å². The van der Waals surface area contributed by atoms with Crippen LogP contribution in [0.25, 0.3) is 10.9 Å². The van der Waals surface area contributed by atoms with E-state index in [1.54, 1.807) is 0 Å². The summed E-state index contributed by atoms with van der Waals surface area (Å²) in [6.07, 6.45) is 9.23. The number of carbonyl (C=O) groups is 1. The molecule has 1 aromatic heterocycles. The van der Waals surface area contributed by atoms with Crippen molar-refractivity contribution < 1.29 is 9.53 Å². The Morgan fingerprint density at radius 1 is 0.889 bits per heavy atom. The lowest BCUT2D eigenvalue weighted by Crippen LogP contribution is -2.28. The number of hydrogen-bond acceptors (Lipinski definition) is 4. The number of benzene rings is 2. The molecule has 0 saturated carbocycles. The summed E-state index contributed by atoms with van der Waals surface area (Å²) in [6, 6.07) is 13.5. The van der Waals surface area contributed by atoms with Gasteiger partial charge in [-0.2, -0.15) is 0 Å². The van der Waals surface area contributed by atoms with Crippen molar-refractivity contribution in [3.8, 4) is 5.75 Å². The first-order chi connectivity index (χ1) is 17.5. The molecule has 196 valence electrons. The minimum Gasteiger partial charge on any atom is -0.494 e. The van der Waals surface area contributed by atoms with Crippen LogP contribution in [0.1, 0.15) is 87.3 Å². The summed E-state index contributed by atoms with van der Waals surface area (Å²) >= 11 is 0. The summed E-state index contributed by atoms with van der Waals surface area (Å²) in [7, 11) is 2.07. The molecular weight excluding hydrogens is 446 g/mol. The average Bonchev–Trinajstić information content (AvgIpc) is 3.21. The number of aryl methyl sites for hydroxylation is 2. The normalized spacial score (nSPS) is 11.5. The molecule has 0 aliphatic carbocycles. The van der Waals surface area contributed by atoms with Gasteiger partial charge in [0.1, 0.15) is 5.75 Å². The van der Waals surface area contributed by atoms with E-state index in [0.717, 1.165) is 48.9 Å². The lowest BCUT2D eigenvalue weighted by Gasteiger charge is -2.21. The molecule has 0 fully saturated rings. The number of fused-ring (bicyclic) bond motifs is 1. The zero-order valence-corrected chi connectivity index (χ0v) is 22.8. The van der Waals surface area contributed by atoms with Crippen molar-refractivity contribution in [1.29, 1.82) is 0 Å². The number of rotatable bonds is 16. The van der Waals surface area contributed by atoms with E-state index in [1.165, 1.54) is 44.5 Å². The Hall–Kier alpha value is -2.79. The van der Waals surface area contributed by atoms with Crippen LogP contribution < -0.4 is 10.5 Å². The molecule has 2 aromatic carbocycles. The predicted molar refractivity (Wildman–Crippen MR) is 152 cm³/mol. The minimum absolute atomic E-state index is 0.0419. The largest absolute Gasteiger partial charge is 0.494 e. The molecule has 0 atom stereocenters. The van der Waals surface area contributed by atoms with Gasteiger partial charge in [-0.05, 0) is 87.7 Å². The predicted octanol–water partition coefficient (Wildman–Crippen LogP) is 7.01. The number of ether oxygens (including phenoxy) is 1. The summed E-state index contributed by atoms with van der Waals surface area (Å²) in [6.45, 7) is 10.8. The molecular formula is C31H45N3O2. The Bertz CT molecular complexity index is 1090. The van der Waals surface area contributed by atoms with Gasteiger partial charge in [0.05, 0.1) is 12.2 Å². The summed E-state index contributed by atoms with van der Waals surface area (Å²) in [5, 5.41) is 0.935. The molecule has 2 N–H and O–H groups in total. The van der Waals surface area contributed by atoms with Crippen LogP contribution in [0.3, 0.4) is 0 Å². The van der Waals surface area contributed by atoms with Gasteiger partial charge in [-0.15, -0.1) is 0 Å². The number of hydrogen-bond donors (Lipinski definition) is 1. The van der Waals surface area contributed by atoms with Crippen LogP contribution in [0.5, 0.6) is 5.75 Å². The molecule has 0 saturated heterocycles. The Kier molecular flexibility index (Phi) is 10.9. The smallest absolute Gasteiger partial charge is 0.195 e. The summed E-state index contributed by atoms with van der Waals surface area (Å²) < 4.78 is 8.17. The molecule has 0 amide bonds. The van der Waals surface area contributed by atoms with Crippen molar-refractivity contribution in [2.24, 2.45) is 7.05 Å². The maximum absolute atomic E-state index is 13.5. The third kappa shape index (κ3) is 7.13. The third-order valence-electron chi connectivity index (χ3n) is 7.03. The lowest BCUT2D eigenvalue weighted by molar-refractivity contribution is 0.104. The molecule has 0 unspecified atom stereocenters. The topological polar surface area (TPSA) is 60.5 Å². The van der Waals surface area contributed by atoms with Gasteiger partial charge in [0.25, 0.3) is 0 Å². The summed E-state index contributed by atoms with van der Waals surface area (Å²) in [4.78, 5) is 16.1. The fourth-order valence-electron chi connectivity index (χ4n) is 4.76. The fourth-order valence-corrected chi connectivity index (χ4v) is 4.76. The third-order valence-corrected chi connectivity index (χ3v) is 7.03. The average molecular weight is 492 g/mol. The maximum Gasteiger partial charge on any atom is 0.195 e. The van der Waals surface area contributed by atoms with Gasteiger partial charge in [-0.1, -0.05) is 40.0 Å². The number of ketones is 1. The Balaban J connectivity index is 1.64. The highest BCUT2D eigenvalue weighted by molar-refractivity contribution is 6.19. The van der Waals surface area contributed by atoms with Crippen LogP contribution in [-0.2, 0) is 13.5 Å². The number of aromatic nitrogens is 1. The van der Waals surface area contributed by atoms with E-state index in [0.29, 0.717) is 23.4 Å². The van der Waals surface area contributed by atoms with E-state index in [4.69, 9.17) is 10.5 Å². The number of nitrogens with two attached hydrogens (primary N) is 1. The second kappa shape index (κ2) is 14.1. The van der Waals surface area contributed by atoms with Crippen molar-refractivity contribution in [3.05, 3.63) is 59.3 Å². The zero-order valence-electron chi connectivity index (χ0n) is 22.8. The second-order valence-electron chi connectivity index (χ2n) is 9.87. The van der Waals surface area contributed by atoms with Gasteiger partial charge in [0.15, 0.2) is 5.78 Å². The number of nitrogens with zero attached hydrogens (tertiary/aromatic N) is 2. The highest BCUT2D eigenvalue weighted by Gasteiger charge is 2.19. The van der Waals surface area contributed by atoms with Crippen LogP contribution in [0.2, 0.25) is 0 Å². The summed E-state index contributed by atoms with van der Waals surface area (Å²) in [5.41, 5.74) is 10.4. The Labute approximate surface area is 217 Å². The monoisotopic (exact) mass is 491 g/mol. The number of carbonyl (C=O) groups excluding carboxylic acids is 1. The van der Waals surface area contributed by atoms with Crippen molar-refractivity contribution >= 4 is 22.4 Å². The van der Waals surface area contributed by atoms with Crippen LogP contribution in [0, 0.1) is 0 Å². The highest BCUT2D eigenvalue weighted by Crippen LogP contribution is 2.30. The van der Waals surface area contributed by atoms with E-state index in [9.17, 15) is 4.79 Å². The maximum atomic E-state index is 13.5. The number of anilines is 1. The molecule has 0 aliphatic rings. The fraction of sp³-hybridized carbons (Fsp3) is 0.516. The van der Waals surface area contributed by atoms with Crippen molar-refractivity contribution in [1.82, 2.24) is 9.47 Å². The number of unbranched alkanes of at least 4 members (excludes halogenated alkanes) is 3. The van der Waals surface area contributed by atoms with E-state index < -0.39 is 0 Å². The van der Waals surface area contributed by atoms with Gasteiger partial charge in [-0.25, -0.2) is 0 Å². The Morgan fingerprint density at radius 3 is 2.17 bits per heavy atom. The first-order valence-electron chi connectivity index (χ1n) is 13.9. The molecule has 5 nitrogen and oxygen atoms in total. The zero-order chi connectivity index (χ0) is 25.9. The van der Waals surface area contributed by atoms with Gasteiger partial charge in [-0.3, -0.25) is 4.79 Å². The molecule has 0 bridgehead atoms. The van der Waals surface area contributed by atoms with Gasteiger partial charge < -0.3 is 19.9 Å². The van der Waals surface area contributed by atoms with Crippen molar-refractivity contribution in [2.45, 2.75) is 72.1 Å². The van der Waals surface area contributed by atoms with Gasteiger partial charge in [0.2, 0.25) is 0 Å². The molecule has 3 aromatic rings. The molecule has 1 heterocycles. The molecule has 0 aliphatic heterocycles. The quantitative estimate of drug-likeness (QED) is 0.133. The molecule has 0 spiro atoms. The van der Waals surface area contributed by atoms with Gasteiger partial charge >= 0.3 is 0 Å². The van der Waals surface area contributed by atoms with Crippen LogP contribution in [0.15, 0.2) is 42.5 Å². The van der Waals surface area contributed by atoms with Crippen molar-refractivity contribution in [2.75, 3.05) is 32.0 Å². The van der Waals surface area contributed by atoms with Crippen LogP contribution >= 0.6 is 0 Å². The standard InChI is InChI=1S/C31H45N3O2/c1-5-8-12-25-23-27-29(33(25)4)18-17-28(32)30(27)31(35)24-13-15-26(16-14-24)36-22-11-21-34(19-9-6-2)20-10-7-3/h13-18,23H,5-12,19-22,32H2,1-4H3. The second-order valence-corrected chi connectivity index (χ2v) is 9.87. The van der Waals surface area contributed by atoms with E-state index >= 15 is 0 Å². The first-order valence-corrected chi connectivity index (χ1v) is 13.9. The molecule has 3 rings (SSSR count). The van der Waals surface area contributed by atoms with Crippen LogP contribution in [0.4, 0.5) is 5.69 Å². The van der Waals surface area contributed by atoms with Crippen molar-refractivity contribution in [3.63, 3.8) is 0 Å². The van der Waals surface area contributed by atoms with E-state index in [2.05, 4.69) is 43.4 Å². The summed E-state index contributed by atoms with van der Waals surface area (Å²) in [5.74, 6) is 0.757. The first kappa shape index (κ1) is 27.8. The molecule has 36 heavy (non-hydrogen) atoms. The van der Waals surface area contributed by atoms with Crippen LogP contribution in [-0.4, -0.2) is 41.5 Å². The Morgan fingerprint density at radius 2 is 1.53 bits per heavy atom. The highest BCUT2D eigenvalue weighted by atomic mass is 16.5. The number of nitrogen functional groups attached to an aromatic ring is 1. The van der Waals surface area contributed by atoms with E-state index in [-0.39, 0.29) is 5.78 Å². The molecule has 0 radical (unpaired) electrons. The minimum atomic E-state index is -0.0419. The van der Waals surface area contributed by atoms with Gasteiger partial charge in [0, 0.05) is 41.4 Å². The molecule has 5 heteroatoms.